The Kier molecular flexibility index (Phi) is 17.2. The van der Waals surface area contributed by atoms with Gasteiger partial charge in [0, 0.05) is 19.4 Å². The fourth-order valence-electron chi connectivity index (χ4n) is 2.68. The first kappa shape index (κ1) is 30.6. The minimum atomic E-state index is -0.237. The van der Waals surface area contributed by atoms with Gasteiger partial charge in [0.15, 0.2) is 17.5 Å². The van der Waals surface area contributed by atoms with Crippen LogP contribution in [0.4, 0.5) is 0 Å². The molecule has 0 aliphatic carbocycles. The molecule has 0 radical (unpaired) electrons. The van der Waals surface area contributed by atoms with Crippen molar-refractivity contribution in [2.75, 3.05) is 21.3 Å². The van der Waals surface area contributed by atoms with Crippen LogP contribution in [-0.4, -0.2) is 39.4 Å². The van der Waals surface area contributed by atoms with E-state index in [4.69, 9.17) is 20.9 Å². The van der Waals surface area contributed by atoms with Crippen LogP contribution in [0, 0.1) is 5.92 Å². The number of carbonyl (C=O) groups is 2. The predicted molar refractivity (Wildman–Crippen MR) is 138 cm³/mol. The number of nitrogens with zero attached hydrogens (tertiary/aromatic N) is 1. The molecule has 0 fully saturated rings. The summed E-state index contributed by atoms with van der Waals surface area (Å²) in [7, 11) is 5.19. The van der Waals surface area contributed by atoms with Gasteiger partial charge in [0.2, 0.25) is 5.91 Å². The predicted octanol–water partition coefficient (Wildman–Crippen LogP) is 3.46. The van der Waals surface area contributed by atoms with Gasteiger partial charge >= 0.3 is 0 Å². The molecule has 0 aliphatic rings. The number of nitrogens with one attached hydrogen (secondary N) is 1. The quantitative estimate of drug-likeness (QED) is 0.274. The number of amides is 1. The van der Waals surface area contributed by atoms with Gasteiger partial charge in [0.25, 0.3) is 0 Å². The minimum absolute atomic E-state index is 0.154. The third-order valence-electron chi connectivity index (χ3n) is 4.41. The fourth-order valence-corrected chi connectivity index (χ4v) is 2.68. The summed E-state index contributed by atoms with van der Waals surface area (Å²) in [5.74, 6) is 1.66. The summed E-state index contributed by atoms with van der Waals surface area (Å²) in [6, 6.07) is 15.9. The average molecular weight is 473 g/mol. The molecule has 0 aliphatic heterocycles. The maximum Gasteiger partial charge on any atom is 0.248 e. The van der Waals surface area contributed by atoms with Crippen LogP contribution in [0.5, 0.6) is 11.5 Å². The largest absolute Gasteiger partial charge is 0.493 e. The first-order valence-corrected chi connectivity index (χ1v) is 11.2. The number of benzene rings is 2. The van der Waals surface area contributed by atoms with Gasteiger partial charge in [-0.05, 0) is 49.1 Å². The van der Waals surface area contributed by atoms with Crippen LogP contribution in [0.2, 0.25) is 0 Å². The van der Waals surface area contributed by atoms with E-state index in [0.717, 1.165) is 37.2 Å². The first-order chi connectivity index (χ1) is 16.3. The number of ether oxygens (including phenoxy) is 2. The molecule has 0 spiro atoms. The summed E-state index contributed by atoms with van der Waals surface area (Å²) in [5, 5.41) is 3.08. The van der Waals surface area contributed by atoms with Gasteiger partial charge in [0.1, 0.15) is 6.29 Å². The van der Waals surface area contributed by atoms with Crippen LogP contribution in [0.15, 0.2) is 53.5 Å². The van der Waals surface area contributed by atoms with Crippen LogP contribution >= 0.6 is 0 Å². The maximum atomic E-state index is 10.8. The SMILES string of the molecule is CC(C)CCC(=O)N=C(N)N.CNCc1ccc(OC)c(OC)c1.O=CCCc1ccccc1. The molecule has 2 aromatic rings. The van der Waals surface area contributed by atoms with Crippen molar-refractivity contribution in [3.05, 3.63) is 59.7 Å². The Morgan fingerprint density at radius 1 is 1.03 bits per heavy atom. The molecule has 8 nitrogen and oxygen atoms in total. The Morgan fingerprint density at radius 3 is 2.18 bits per heavy atom. The Morgan fingerprint density at radius 2 is 1.68 bits per heavy atom. The topological polar surface area (TPSA) is 129 Å². The van der Waals surface area contributed by atoms with Crippen molar-refractivity contribution < 1.29 is 19.1 Å². The smallest absolute Gasteiger partial charge is 0.248 e. The van der Waals surface area contributed by atoms with Crippen molar-refractivity contribution in [3.63, 3.8) is 0 Å². The summed E-state index contributed by atoms with van der Waals surface area (Å²) < 4.78 is 10.3. The van der Waals surface area contributed by atoms with E-state index in [1.54, 1.807) is 14.2 Å². The van der Waals surface area contributed by atoms with Crippen LogP contribution in [0.3, 0.4) is 0 Å². The van der Waals surface area contributed by atoms with Crippen molar-refractivity contribution in [2.45, 2.75) is 46.1 Å². The summed E-state index contributed by atoms with van der Waals surface area (Å²) in [6.07, 6.45) is 3.70. The number of methoxy groups -OCH3 is 2. The van der Waals surface area contributed by atoms with E-state index in [1.165, 1.54) is 11.1 Å². The van der Waals surface area contributed by atoms with E-state index in [9.17, 15) is 9.59 Å². The molecule has 5 N–H and O–H groups in total. The van der Waals surface area contributed by atoms with E-state index in [-0.39, 0.29) is 11.9 Å². The monoisotopic (exact) mass is 472 g/mol. The van der Waals surface area contributed by atoms with Gasteiger partial charge in [-0.2, -0.15) is 4.99 Å². The van der Waals surface area contributed by atoms with E-state index in [0.29, 0.717) is 18.8 Å². The number of hydrogen-bond acceptors (Lipinski definition) is 5. The summed E-state index contributed by atoms with van der Waals surface area (Å²) in [6.45, 7) is 4.92. The summed E-state index contributed by atoms with van der Waals surface area (Å²) >= 11 is 0. The van der Waals surface area contributed by atoms with Crippen molar-refractivity contribution in [1.29, 1.82) is 0 Å². The lowest BCUT2D eigenvalue weighted by atomic mass is 10.1. The van der Waals surface area contributed by atoms with Gasteiger partial charge in [-0.15, -0.1) is 0 Å². The zero-order chi connectivity index (χ0) is 25.8. The minimum Gasteiger partial charge on any atom is -0.493 e. The zero-order valence-electron chi connectivity index (χ0n) is 21.0. The van der Waals surface area contributed by atoms with E-state index < -0.39 is 0 Å². The highest BCUT2D eigenvalue weighted by Gasteiger charge is 2.03. The van der Waals surface area contributed by atoms with Crippen molar-refractivity contribution in [3.8, 4) is 11.5 Å². The first-order valence-electron chi connectivity index (χ1n) is 11.2. The lowest BCUT2D eigenvalue weighted by Crippen LogP contribution is -2.24. The Balaban J connectivity index is 0.000000485. The number of hydrogen-bond donors (Lipinski definition) is 3. The highest BCUT2D eigenvalue weighted by Crippen LogP contribution is 2.27. The molecule has 34 heavy (non-hydrogen) atoms. The molecule has 8 heteroatoms. The number of aliphatic imine (C=N–C) groups is 1. The molecule has 2 aromatic carbocycles. The van der Waals surface area contributed by atoms with Gasteiger partial charge in [-0.25, -0.2) is 0 Å². The Labute approximate surface area is 203 Å². The molecule has 0 unspecified atom stereocenters. The average Bonchev–Trinajstić information content (AvgIpc) is 2.82. The Hall–Kier alpha value is -3.39. The number of guanidine groups is 1. The second-order valence-corrected chi connectivity index (χ2v) is 7.77. The maximum absolute atomic E-state index is 10.8. The molecular weight excluding hydrogens is 432 g/mol. The van der Waals surface area contributed by atoms with E-state index in [2.05, 4.69) is 10.3 Å². The van der Waals surface area contributed by atoms with E-state index in [1.807, 2.05) is 69.4 Å². The van der Waals surface area contributed by atoms with Crippen LogP contribution < -0.4 is 26.3 Å². The third kappa shape index (κ3) is 15.4. The lowest BCUT2D eigenvalue weighted by Gasteiger charge is -2.08. The second kappa shape index (κ2) is 19.1. The number of aldehydes is 1. The van der Waals surface area contributed by atoms with Gasteiger partial charge < -0.3 is 31.1 Å². The molecule has 188 valence electrons. The van der Waals surface area contributed by atoms with Crippen LogP contribution in [0.1, 0.15) is 44.2 Å². The summed E-state index contributed by atoms with van der Waals surface area (Å²) in [4.78, 5) is 24.2. The highest BCUT2D eigenvalue weighted by molar-refractivity contribution is 5.91. The molecule has 0 aromatic heterocycles. The molecule has 0 saturated carbocycles. The fraction of sp³-hybridized carbons (Fsp3) is 0.423. The molecular formula is C26H40N4O4. The molecule has 0 atom stereocenters. The second-order valence-electron chi connectivity index (χ2n) is 7.77. The zero-order valence-corrected chi connectivity index (χ0v) is 21.0. The van der Waals surface area contributed by atoms with Gasteiger partial charge in [0.05, 0.1) is 14.2 Å². The lowest BCUT2D eigenvalue weighted by molar-refractivity contribution is -0.118. The summed E-state index contributed by atoms with van der Waals surface area (Å²) in [5.41, 5.74) is 12.4. The molecule has 0 heterocycles. The number of nitrogens with two attached hydrogens (primary N) is 2. The van der Waals surface area contributed by atoms with Crippen molar-refractivity contribution in [1.82, 2.24) is 5.32 Å². The molecule has 1 amide bonds. The van der Waals surface area contributed by atoms with Crippen molar-refractivity contribution in [2.24, 2.45) is 22.4 Å². The number of carbonyl (C=O) groups excluding carboxylic acids is 2. The normalized spacial score (nSPS) is 9.59. The molecule has 0 bridgehead atoms. The number of aryl methyl sites for hydroxylation is 1. The molecule has 2 rings (SSSR count). The number of rotatable bonds is 10. The van der Waals surface area contributed by atoms with Gasteiger partial charge in [-0.1, -0.05) is 50.2 Å². The van der Waals surface area contributed by atoms with Gasteiger partial charge in [-0.3, -0.25) is 4.79 Å². The Bertz CT molecular complexity index is 851. The third-order valence-corrected chi connectivity index (χ3v) is 4.41. The van der Waals surface area contributed by atoms with Crippen LogP contribution in [0.25, 0.3) is 0 Å². The van der Waals surface area contributed by atoms with E-state index >= 15 is 0 Å². The molecule has 0 saturated heterocycles. The standard InChI is InChI=1S/C10H15NO2.C9H10O.C7H15N3O/c1-11-7-8-4-5-9(12-2)10(6-8)13-3;10-8-4-7-9-5-2-1-3-6-9;1-5(2)3-4-6(11)10-7(8)9/h4-6,11H,7H2,1-3H3;1-3,5-6,8H,4,7H2;5H,3-4H2,1-2H3,(H4,8,9,10,11). The van der Waals surface area contributed by atoms with Crippen LogP contribution in [-0.2, 0) is 22.6 Å². The highest BCUT2D eigenvalue weighted by atomic mass is 16.5. The van der Waals surface area contributed by atoms with Crippen molar-refractivity contribution >= 4 is 18.2 Å².